The van der Waals surface area contributed by atoms with Crippen LogP contribution < -0.4 is 5.32 Å². The second-order valence-corrected chi connectivity index (χ2v) is 3.90. The average molecular weight is 266 g/mol. The van der Waals surface area contributed by atoms with Gasteiger partial charge < -0.3 is 10.1 Å². The Morgan fingerprint density at radius 2 is 1.95 bits per heavy atom. The number of ether oxygens (including phenoxy) is 1. The molecule has 0 aliphatic heterocycles. The molecular weight excluding hydrogens is 252 g/mol. The van der Waals surface area contributed by atoms with E-state index < -0.39 is 16.9 Å². The molecule has 1 atom stereocenters. The van der Waals surface area contributed by atoms with Crippen molar-refractivity contribution in [2.75, 3.05) is 7.11 Å². The number of hydrogen-bond donors (Lipinski definition) is 1. The molecule has 0 spiro atoms. The highest BCUT2D eigenvalue weighted by atomic mass is 16.6. The van der Waals surface area contributed by atoms with E-state index in [9.17, 15) is 19.7 Å². The van der Waals surface area contributed by atoms with Crippen molar-refractivity contribution in [3.63, 3.8) is 0 Å². The summed E-state index contributed by atoms with van der Waals surface area (Å²) in [6.07, 6.45) is 0.213. The summed E-state index contributed by atoms with van der Waals surface area (Å²) in [5, 5.41) is 13.0. The van der Waals surface area contributed by atoms with Gasteiger partial charge in [-0.3, -0.25) is 14.9 Å². The summed E-state index contributed by atoms with van der Waals surface area (Å²) in [5.74, 6) is -0.911. The Balaban J connectivity index is 2.81. The van der Waals surface area contributed by atoms with Crippen LogP contribution in [0.4, 0.5) is 5.69 Å². The number of non-ortho nitro benzene ring substituents is 1. The summed E-state index contributed by atoms with van der Waals surface area (Å²) >= 11 is 0. The summed E-state index contributed by atoms with van der Waals surface area (Å²) in [5.41, 5.74) is 0.660. The second-order valence-electron chi connectivity index (χ2n) is 3.90. The van der Waals surface area contributed by atoms with Gasteiger partial charge in [0.15, 0.2) is 0 Å². The number of benzene rings is 1. The van der Waals surface area contributed by atoms with E-state index >= 15 is 0 Å². The fraction of sp³-hybridized carbons (Fsp3) is 0.333. The van der Waals surface area contributed by atoms with E-state index in [1.165, 1.54) is 38.3 Å². The van der Waals surface area contributed by atoms with Crippen molar-refractivity contribution in [1.29, 1.82) is 0 Å². The van der Waals surface area contributed by atoms with Crippen LogP contribution >= 0.6 is 0 Å². The van der Waals surface area contributed by atoms with Crippen molar-refractivity contribution in [3.05, 3.63) is 39.9 Å². The number of methoxy groups -OCH3 is 1. The molecule has 1 aromatic rings. The van der Waals surface area contributed by atoms with Crippen molar-refractivity contribution in [1.82, 2.24) is 5.32 Å². The van der Waals surface area contributed by atoms with Gasteiger partial charge >= 0.3 is 5.97 Å². The topological polar surface area (TPSA) is 98.5 Å². The van der Waals surface area contributed by atoms with Crippen molar-refractivity contribution >= 4 is 17.6 Å². The van der Waals surface area contributed by atoms with E-state index in [0.29, 0.717) is 5.56 Å². The summed E-state index contributed by atoms with van der Waals surface area (Å²) < 4.78 is 4.59. The van der Waals surface area contributed by atoms with Crippen LogP contribution in [0.3, 0.4) is 0 Å². The van der Waals surface area contributed by atoms with Gasteiger partial charge in [-0.05, 0) is 5.56 Å². The monoisotopic (exact) mass is 266 g/mol. The van der Waals surface area contributed by atoms with Gasteiger partial charge in [-0.15, -0.1) is 0 Å². The average Bonchev–Trinajstić information content (AvgIpc) is 2.37. The largest absolute Gasteiger partial charge is 0.467 e. The van der Waals surface area contributed by atoms with E-state index in [-0.39, 0.29) is 18.0 Å². The first-order chi connectivity index (χ1) is 8.93. The lowest BCUT2D eigenvalue weighted by molar-refractivity contribution is -0.384. The van der Waals surface area contributed by atoms with Crippen molar-refractivity contribution in [2.45, 2.75) is 19.4 Å². The van der Waals surface area contributed by atoms with Crippen LogP contribution in [-0.4, -0.2) is 30.0 Å². The number of esters is 1. The quantitative estimate of drug-likeness (QED) is 0.483. The van der Waals surface area contributed by atoms with Gasteiger partial charge in [0.05, 0.1) is 12.0 Å². The zero-order valence-corrected chi connectivity index (χ0v) is 10.6. The number of nitrogens with one attached hydrogen (secondary N) is 1. The molecule has 7 heteroatoms. The molecule has 0 aliphatic rings. The highest BCUT2D eigenvalue weighted by Crippen LogP contribution is 2.13. The Hall–Kier alpha value is -2.44. The fourth-order valence-electron chi connectivity index (χ4n) is 1.57. The van der Waals surface area contributed by atoms with E-state index in [1.54, 1.807) is 0 Å². The minimum atomic E-state index is -0.802. The second kappa shape index (κ2) is 6.48. The van der Waals surface area contributed by atoms with E-state index in [1.807, 2.05) is 0 Å². The predicted octanol–water partition coefficient (Wildman–Crippen LogP) is 0.815. The predicted molar refractivity (Wildman–Crippen MR) is 66.4 cm³/mol. The number of nitro benzene ring substituents is 1. The highest BCUT2D eigenvalue weighted by molar-refractivity contribution is 5.83. The SMILES string of the molecule is COC(=O)C(Cc1ccc([N+](=O)[O-])cc1)NC(C)=O. The molecule has 1 rings (SSSR count). The molecule has 0 saturated carbocycles. The van der Waals surface area contributed by atoms with Crippen LogP contribution in [0, 0.1) is 10.1 Å². The molecule has 0 radical (unpaired) electrons. The van der Waals surface area contributed by atoms with Gasteiger partial charge in [-0.1, -0.05) is 12.1 Å². The van der Waals surface area contributed by atoms with Crippen LogP contribution in [0.25, 0.3) is 0 Å². The normalized spacial score (nSPS) is 11.5. The van der Waals surface area contributed by atoms with E-state index in [2.05, 4.69) is 10.1 Å². The summed E-state index contributed by atoms with van der Waals surface area (Å²) in [6, 6.07) is 4.96. The van der Waals surface area contributed by atoms with Crippen molar-refractivity contribution in [3.8, 4) is 0 Å². The van der Waals surface area contributed by atoms with Gasteiger partial charge in [0.2, 0.25) is 5.91 Å². The molecule has 0 heterocycles. The highest BCUT2D eigenvalue weighted by Gasteiger charge is 2.20. The molecule has 0 saturated heterocycles. The standard InChI is InChI=1S/C12H14N2O5/c1-8(15)13-11(12(16)19-2)7-9-3-5-10(6-4-9)14(17)18/h3-6,11H,7H2,1-2H3,(H,13,15). The van der Waals surface area contributed by atoms with Crippen LogP contribution in [0.1, 0.15) is 12.5 Å². The fourth-order valence-corrected chi connectivity index (χ4v) is 1.57. The minimum Gasteiger partial charge on any atom is -0.467 e. The lowest BCUT2D eigenvalue weighted by Crippen LogP contribution is -2.41. The number of carbonyl (C=O) groups is 2. The minimum absolute atomic E-state index is 0.0297. The van der Waals surface area contributed by atoms with Gasteiger partial charge in [0.25, 0.3) is 5.69 Å². The smallest absolute Gasteiger partial charge is 0.328 e. The molecule has 1 N–H and O–H groups in total. The maximum atomic E-state index is 11.5. The summed E-state index contributed by atoms with van der Waals surface area (Å²) in [4.78, 5) is 32.5. The summed E-state index contributed by atoms with van der Waals surface area (Å²) in [6.45, 7) is 1.30. The van der Waals surface area contributed by atoms with Crippen LogP contribution in [-0.2, 0) is 20.7 Å². The molecule has 1 amide bonds. The van der Waals surface area contributed by atoms with Gasteiger partial charge in [0.1, 0.15) is 6.04 Å². The van der Waals surface area contributed by atoms with Crippen molar-refractivity contribution in [2.24, 2.45) is 0 Å². The van der Waals surface area contributed by atoms with Gasteiger partial charge in [0, 0.05) is 25.5 Å². The van der Waals surface area contributed by atoms with Crippen molar-refractivity contribution < 1.29 is 19.2 Å². The molecule has 0 aliphatic carbocycles. The Morgan fingerprint density at radius 1 is 1.37 bits per heavy atom. The number of nitrogens with zero attached hydrogens (tertiary/aromatic N) is 1. The third kappa shape index (κ3) is 4.38. The Morgan fingerprint density at radius 3 is 2.37 bits per heavy atom. The Kier molecular flexibility index (Phi) is 4.99. The Labute approximate surface area is 109 Å². The summed E-state index contributed by atoms with van der Waals surface area (Å²) in [7, 11) is 1.23. The molecule has 7 nitrogen and oxygen atoms in total. The molecule has 0 bridgehead atoms. The lowest BCUT2D eigenvalue weighted by Gasteiger charge is -2.15. The third-order valence-electron chi connectivity index (χ3n) is 2.45. The maximum Gasteiger partial charge on any atom is 0.328 e. The number of rotatable bonds is 5. The van der Waals surface area contributed by atoms with Gasteiger partial charge in [-0.2, -0.15) is 0 Å². The molecular formula is C12H14N2O5. The third-order valence-corrected chi connectivity index (χ3v) is 2.45. The molecule has 1 unspecified atom stereocenters. The first-order valence-electron chi connectivity index (χ1n) is 5.52. The first-order valence-corrected chi connectivity index (χ1v) is 5.52. The van der Waals surface area contributed by atoms with Crippen LogP contribution in [0.2, 0.25) is 0 Å². The molecule has 0 fully saturated rings. The number of hydrogen-bond acceptors (Lipinski definition) is 5. The zero-order valence-electron chi connectivity index (χ0n) is 10.6. The lowest BCUT2D eigenvalue weighted by atomic mass is 10.1. The molecule has 102 valence electrons. The zero-order chi connectivity index (χ0) is 14.4. The molecule has 1 aromatic carbocycles. The van der Waals surface area contributed by atoms with Crippen LogP contribution in [0.5, 0.6) is 0 Å². The first kappa shape index (κ1) is 14.6. The van der Waals surface area contributed by atoms with Crippen LogP contribution in [0.15, 0.2) is 24.3 Å². The molecule has 19 heavy (non-hydrogen) atoms. The molecule has 0 aromatic heterocycles. The maximum absolute atomic E-state index is 11.5. The number of amides is 1. The number of carbonyl (C=O) groups excluding carboxylic acids is 2. The van der Waals surface area contributed by atoms with E-state index in [0.717, 1.165) is 0 Å². The number of nitro groups is 1. The van der Waals surface area contributed by atoms with E-state index in [4.69, 9.17) is 0 Å². The Bertz CT molecular complexity index is 483. The van der Waals surface area contributed by atoms with Gasteiger partial charge in [-0.25, -0.2) is 4.79 Å².